The van der Waals surface area contributed by atoms with Crippen LogP contribution in [-0.4, -0.2) is 4.92 Å². The number of hydrogen-bond acceptors (Lipinski definition) is 4. The summed E-state index contributed by atoms with van der Waals surface area (Å²) in [5.41, 5.74) is 7.40. The first-order chi connectivity index (χ1) is 9.49. The van der Waals surface area contributed by atoms with Crippen LogP contribution in [0.5, 0.6) is 0 Å². The van der Waals surface area contributed by atoms with Crippen LogP contribution in [-0.2, 0) is 5.75 Å². The van der Waals surface area contributed by atoms with E-state index < -0.39 is 4.92 Å². The van der Waals surface area contributed by atoms with Gasteiger partial charge in [-0.3, -0.25) is 10.1 Å². The van der Waals surface area contributed by atoms with Crippen molar-refractivity contribution in [2.45, 2.75) is 10.6 Å². The first-order valence-electron chi connectivity index (χ1n) is 5.58. The van der Waals surface area contributed by atoms with Crippen molar-refractivity contribution in [2.24, 2.45) is 0 Å². The van der Waals surface area contributed by atoms with Gasteiger partial charge in [0.05, 0.1) is 9.40 Å². The van der Waals surface area contributed by atoms with Crippen LogP contribution in [0.2, 0.25) is 5.02 Å². The highest BCUT2D eigenvalue weighted by Crippen LogP contribution is 2.35. The first kappa shape index (κ1) is 15.2. The monoisotopic (exact) mass is 372 g/mol. The van der Waals surface area contributed by atoms with E-state index in [4.69, 9.17) is 17.3 Å². The molecule has 0 spiro atoms. The standard InChI is InChI=1S/C13H10BrClN2O2S/c14-13-8(2-1-3-11(13)17(18)19)7-20-12-6-9(15)4-5-10(12)16/h1-6H,7,16H2. The molecule has 0 aliphatic rings. The van der Waals surface area contributed by atoms with E-state index in [0.29, 0.717) is 20.9 Å². The number of halogens is 2. The zero-order valence-corrected chi connectivity index (χ0v) is 13.3. The van der Waals surface area contributed by atoms with E-state index in [2.05, 4.69) is 15.9 Å². The second-order valence-corrected chi connectivity index (χ2v) is 6.22. The number of nitrogens with zero attached hydrogens (tertiary/aromatic N) is 1. The molecule has 0 aliphatic carbocycles. The molecule has 0 amide bonds. The average Bonchev–Trinajstić information content (AvgIpc) is 2.41. The number of anilines is 1. The van der Waals surface area contributed by atoms with Crippen LogP contribution in [0.15, 0.2) is 45.8 Å². The van der Waals surface area contributed by atoms with Crippen LogP contribution < -0.4 is 5.73 Å². The van der Waals surface area contributed by atoms with Crippen molar-refractivity contribution in [3.05, 3.63) is 61.6 Å². The highest BCUT2D eigenvalue weighted by atomic mass is 79.9. The van der Waals surface area contributed by atoms with Gasteiger partial charge in [0.1, 0.15) is 0 Å². The summed E-state index contributed by atoms with van der Waals surface area (Å²) in [6, 6.07) is 10.2. The van der Waals surface area contributed by atoms with E-state index in [1.54, 1.807) is 24.3 Å². The van der Waals surface area contributed by atoms with Crippen molar-refractivity contribution < 1.29 is 4.92 Å². The number of benzene rings is 2. The molecule has 0 fully saturated rings. The lowest BCUT2D eigenvalue weighted by Crippen LogP contribution is -1.93. The number of nitro benzene ring substituents is 1. The third kappa shape index (κ3) is 3.45. The first-order valence-corrected chi connectivity index (χ1v) is 7.74. The Hall–Kier alpha value is -1.24. The van der Waals surface area contributed by atoms with Crippen LogP contribution >= 0.6 is 39.3 Å². The SMILES string of the molecule is Nc1ccc(Cl)cc1SCc1cccc([N+](=O)[O-])c1Br. The van der Waals surface area contributed by atoms with Gasteiger partial charge >= 0.3 is 0 Å². The second-order valence-electron chi connectivity index (χ2n) is 3.98. The van der Waals surface area contributed by atoms with Gasteiger partial charge in [0.25, 0.3) is 5.69 Å². The summed E-state index contributed by atoms with van der Waals surface area (Å²) in [6.45, 7) is 0. The molecule has 0 radical (unpaired) electrons. The maximum absolute atomic E-state index is 10.9. The molecule has 0 aliphatic heterocycles. The molecular formula is C13H10BrClN2O2S. The quantitative estimate of drug-likeness (QED) is 0.359. The molecule has 2 aromatic rings. The van der Waals surface area contributed by atoms with E-state index in [1.807, 2.05) is 6.07 Å². The molecule has 0 heterocycles. The fraction of sp³-hybridized carbons (Fsp3) is 0.0769. The lowest BCUT2D eigenvalue weighted by molar-refractivity contribution is -0.385. The van der Waals surface area contributed by atoms with Gasteiger partial charge in [-0.15, -0.1) is 11.8 Å². The van der Waals surface area contributed by atoms with Crippen LogP contribution in [0.1, 0.15) is 5.56 Å². The molecule has 104 valence electrons. The molecule has 0 atom stereocenters. The molecule has 2 N–H and O–H groups in total. The molecule has 0 saturated heterocycles. The van der Waals surface area contributed by atoms with Crippen LogP contribution in [0.4, 0.5) is 11.4 Å². The van der Waals surface area contributed by atoms with Crippen molar-refractivity contribution >= 4 is 50.7 Å². The number of nitrogen functional groups attached to an aromatic ring is 1. The van der Waals surface area contributed by atoms with E-state index in [1.165, 1.54) is 17.8 Å². The Morgan fingerprint density at radius 3 is 2.80 bits per heavy atom. The van der Waals surface area contributed by atoms with Crippen LogP contribution in [0.25, 0.3) is 0 Å². The van der Waals surface area contributed by atoms with Gasteiger partial charge in [-0.25, -0.2) is 0 Å². The normalized spacial score (nSPS) is 10.5. The topological polar surface area (TPSA) is 69.2 Å². The lowest BCUT2D eigenvalue weighted by atomic mass is 10.2. The third-order valence-corrected chi connectivity index (χ3v) is 4.88. The van der Waals surface area contributed by atoms with Gasteiger partial charge in [0.2, 0.25) is 0 Å². The summed E-state index contributed by atoms with van der Waals surface area (Å²) in [6.07, 6.45) is 0. The fourth-order valence-electron chi connectivity index (χ4n) is 1.61. The Balaban J connectivity index is 2.21. The second kappa shape index (κ2) is 6.47. The molecule has 7 heteroatoms. The predicted octanol–water partition coefficient (Wildman–Crippen LogP) is 4.89. The smallest absolute Gasteiger partial charge is 0.283 e. The molecule has 0 saturated carbocycles. The van der Waals surface area contributed by atoms with Gasteiger partial charge in [0, 0.05) is 27.4 Å². The zero-order chi connectivity index (χ0) is 14.7. The zero-order valence-electron chi connectivity index (χ0n) is 10.2. The number of nitrogens with two attached hydrogens (primary N) is 1. The summed E-state index contributed by atoms with van der Waals surface area (Å²) < 4.78 is 0.498. The summed E-state index contributed by atoms with van der Waals surface area (Å²) >= 11 is 10.7. The van der Waals surface area contributed by atoms with Crippen LogP contribution in [0.3, 0.4) is 0 Å². The van der Waals surface area contributed by atoms with Gasteiger partial charge < -0.3 is 5.73 Å². The molecule has 20 heavy (non-hydrogen) atoms. The minimum absolute atomic E-state index is 0.0576. The van der Waals surface area contributed by atoms with E-state index in [9.17, 15) is 10.1 Å². The number of thioether (sulfide) groups is 1. The van der Waals surface area contributed by atoms with Crippen molar-refractivity contribution in [1.29, 1.82) is 0 Å². The van der Waals surface area contributed by atoms with Crippen molar-refractivity contribution in [3.63, 3.8) is 0 Å². The molecule has 0 unspecified atom stereocenters. The molecular weight excluding hydrogens is 364 g/mol. The van der Waals surface area contributed by atoms with Crippen molar-refractivity contribution in [3.8, 4) is 0 Å². The fourth-order valence-corrected chi connectivity index (χ4v) is 3.58. The van der Waals surface area contributed by atoms with E-state index >= 15 is 0 Å². The summed E-state index contributed by atoms with van der Waals surface area (Å²) in [5.74, 6) is 0.562. The van der Waals surface area contributed by atoms with Crippen molar-refractivity contribution in [1.82, 2.24) is 0 Å². The highest BCUT2D eigenvalue weighted by molar-refractivity contribution is 9.10. The average molecular weight is 374 g/mol. The minimum atomic E-state index is -0.411. The molecule has 0 bridgehead atoms. The van der Waals surface area contributed by atoms with Gasteiger partial charge in [0.15, 0.2) is 0 Å². The molecule has 2 rings (SSSR count). The van der Waals surface area contributed by atoms with E-state index in [-0.39, 0.29) is 5.69 Å². The van der Waals surface area contributed by atoms with Crippen LogP contribution in [0, 0.1) is 10.1 Å². The predicted molar refractivity (Wildman–Crippen MR) is 86.2 cm³/mol. The third-order valence-electron chi connectivity index (χ3n) is 2.61. The Bertz CT molecular complexity index is 667. The largest absolute Gasteiger partial charge is 0.398 e. The Labute approximate surface area is 133 Å². The maximum atomic E-state index is 10.9. The molecule has 4 nitrogen and oxygen atoms in total. The maximum Gasteiger partial charge on any atom is 0.283 e. The van der Waals surface area contributed by atoms with Gasteiger partial charge in [-0.05, 0) is 39.7 Å². The minimum Gasteiger partial charge on any atom is -0.398 e. The van der Waals surface area contributed by atoms with Crippen molar-refractivity contribution in [2.75, 3.05) is 5.73 Å². The molecule has 0 aromatic heterocycles. The van der Waals surface area contributed by atoms with E-state index in [0.717, 1.165) is 10.5 Å². The van der Waals surface area contributed by atoms with Gasteiger partial charge in [-0.2, -0.15) is 0 Å². The van der Waals surface area contributed by atoms with Gasteiger partial charge in [-0.1, -0.05) is 23.7 Å². The number of nitro groups is 1. The Kier molecular flexibility index (Phi) is 4.91. The summed E-state index contributed by atoms with van der Waals surface area (Å²) in [7, 11) is 0. The molecule has 2 aromatic carbocycles. The Morgan fingerprint density at radius 2 is 2.10 bits per heavy atom. The number of rotatable bonds is 4. The highest BCUT2D eigenvalue weighted by Gasteiger charge is 2.15. The number of hydrogen-bond donors (Lipinski definition) is 1. The Morgan fingerprint density at radius 1 is 1.35 bits per heavy atom. The summed E-state index contributed by atoms with van der Waals surface area (Å²) in [5, 5.41) is 11.5. The lowest BCUT2D eigenvalue weighted by Gasteiger charge is -2.07. The summed E-state index contributed by atoms with van der Waals surface area (Å²) in [4.78, 5) is 11.3.